The monoisotopic (exact) mass is 550 g/mol. The van der Waals surface area contributed by atoms with Crippen LogP contribution in [0, 0.1) is 0 Å². The number of hydrogen-bond acceptors (Lipinski definition) is 6. The minimum absolute atomic E-state index is 0.279. The summed E-state index contributed by atoms with van der Waals surface area (Å²) in [5.74, 6) is -0.332. The van der Waals surface area contributed by atoms with E-state index in [1.165, 1.54) is 56.4 Å². The lowest BCUT2D eigenvalue weighted by atomic mass is 9.75. The molecule has 38 heavy (non-hydrogen) atoms. The van der Waals surface area contributed by atoms with Crippen molar-refractivity contribution in [3.63, 3.8) is 0 Å². The Kier molecular flexibility index (Phi) is 4.97. The van der Waals surface area contributed by atoms with Crippen molar-refractivity contribution in [2.75, 3.05) is 0 Å². The Balaban J connectivity index is 1.62. The topological polar surface area (TPSA) is 146 Å². The molecule has 0 saturated heterocycles. The van der Waals surface area contributed by atoms with E-state index >= 15 is 0 Å². The molecule has 0 saturated carbocycles. The van der Waals surface area contributed by atoms with Gasteiger partial charge in [-0.2, -0.15) is 16.8 Å². The zero-order valence-electron chi connectivity index (χ0n) is 20.2. The molecule has 0 radical (unpaired) electrons. The van der Waals surface area contributed by atoms with Gasteiger partial charge in [-0.3, -0.25) is 13.9 Å². The molecule has 0 amide bonds. The van der Waals surface area contributed by atoms with Gasteiger partial charge in [-0.15, -0.1) is 0 Å². The molecule has 2 aromatic rings. The molecule has 3 unspecified atom stereocenters. The van der Waals surface area contributed by atoms with Crippen LogP contribution < -0.4 is 0 Å². The van der Waals surface area contributed by atoms with Crippen molar-refractivity contribution in [2.45, 2.75) is 29.4 Å². The first-order valence-electron chi connectivity index (χ1n) is 11.7. The molecule has 10 heteroatoms. The van der Waals surface area contributed by atoms with E-state index in [0.29, 0.717) is 49.7 Å². The number of allylic oxidation sites excluding steroid dienone is 6. The van der Waals surface area contributed by atoms with Gasteiger partial charge in [0.2, 0.25) is 0 Å². The third-order valence-electron chi connectivity index (χ3n) is 7.90. The Morgan fingerprint density at radius 2 is 1.13 bits per heavy atom. The maximum Gasteiger partial charge on any atom is 0.277 e. The van der Waals surface area contributed by atoms with Crippen molar-refractivity contribution in [1.29, 1.82) is 0 Å². The molecule has 0 heterocycles. The molecule has 0 spiro atoms. The molecule has 4 aliphatic rings. The van der Waals surface area contributed by atoms with E-state index in [4.69, 9.17) is 0 Å². The van der Waals surface area contributed by atoms with Gasteiger partial charge in [-0.05, 0) is 58.7 Å². The van der Waals surface area contributed by atoms with Crippen LogP contribution in [0.25, 0.3) is 21.9 Å². The van der Waals surface area contributed by atoms with Crippen molar-refractivity contribution in [3.8, 4) is 0 Å². The van der Waals surface area contributed by atoms with Crippen LogP contribution in [0.3, 0.4) is 0 Å². The molecular formula is C28H22O8S2. The van der Waals surface area contributed by atoms with Gasteiger partial charge in [0.05, 0.1) is 0 Å². The molecule has 2 aromatic carbocycles. The van der Waals surface area contributed by atoms with Crippen LogP contribution in [0.5, 0.6) is 0 Å². The van der Waals surface area contributed by atoms with E-state index in [2.05, 4.69) is 0 Å². The summed E-state index contributed by atoms with van der Waals surface area (Å²) in [6, 6.07) is 6.89. The maximum absolute atomic E-state index is 13.6. The predicted octanol–water partition coefficient (Wildman–Crippen LogP) is 4.14. The normalized spacial score (nSPS) is 27.9. The second-order valence-electron chi connectivity index (χ2n) is 10.2. The molecule has 4 aliphatic carbocycles. The summed E-state index contributed by atoms with van der Waals surface area (Å²) >= 11 is 0. The highest BCUT2D eigenvalue weighted by Crippen LogP contribution is 2.49. The first-order chi connectivity index (χ1) is 17.7. The highest BCUT2D eigenvalue weighted by Gasteiger charge is 2.39. The standard InChI is InChI=1S/C28H22O8S2/c1-27(37(31,32)33)11-7-15-17-3-5-22-24-18(4-6-21(23(17)24)25(29)19(15)9-13-27)16-8-12-28(2,38(34,35)36)14-10-20(16)26(22)30/h3-14,25,29H,1-2H3,(H,31,32,33)(H,34,35,36). The van der Waals surface area contributed by atoms with E-state index in [1.54, 1.807) is 30.3 Å². The maximum atomic E-state index is 13.6. The second-order valence-corrected chi connectivity index (χ2v) is 13.9. The lowest BCUT2D eigenvalue weighted by molar-refractivity contribution is 0.103. The van der Waals surface area contributed by atoms with Gasteiger partial charge in [0.1, 0.15) is 15.6 Å². The zero-order chi connectivity index (χ0) is 27.4. The van der Waals surface area contributed by atoms with Crippen molar-refractivity contribution < 1.29 is 35.8 Å². The molecule has 3 atom stereocenters. The number of rotatable bonds is 2. The fourth-order valence-corrected chi connectivity index (χ4v) is 6.40. The van der Waals surface area contributed by atoms with Gasteiger partial charge in [0.15, 0.2) is 5.78 Å². The van der Waals surface area contributed by atoms with E-state index < -0.39 is 35.8 Å². The molecule has 0 fully saturated rings. The van der Waals surface area contributed by atoms with Gasteiger partial charge >= 0.3 is 0 Å². The average Bonchev–Trinajstić information content (AvgIpc) is 3.14. The zero-order valence-corrected chi connectivity index (χ0v) is 21.8. The van der Waals surface area contributed by atoms with Crippen LogP contribution in [-0.2, 0) is 20.2 Å². The molecule has 6 rings (SSSR count). The summed E-state index contributed by atoms with van der Waals surface area (Å²) < 4.78 is 64.4. The number of carbonyl (C=O) groups excluding carboxylic acids is 1. The molecule has 8 nitrogen and oxygen atoms in total. The van der Waals surface area contributed by atoms with Crippen molar-refractivity contribution in [2.24, 2.45) is 0 Å². The third kappa shape index (κ3) is 3.21. The Morgan fingerprint density at radius 1 is 0.658 bits per heavy atom. The van der Waals surface area contributed by atoms with Crippen molar-refractivity contribution in [1.82, 2.24) is 0 Å². The number of fused-ring (bicyclic) bond motifs is 2. The first kappa shape index (κ1) is 24.9. The quantitative estimate of drug-likeness (QED) is 0.473. The molecular weight excluding hydrogens is 528 g/mol. The largest absolute Gasteiger partial charge is 0.384 e. The smallest absolute Gasteiger partial charge is 0.277 e. The van der Waals surface area contributed by atoms with Crippen LogP contribution in [-0.4, -0.2) is 46.3 Å². The Hall–Kier alpha value is -3.41. The Morgan fingerprint density at radius 3 is 1.74 bits per heavy atom. The van der Waals surface area contributed by atoms with Gasteiger partial charge in [-0.25, -0.2) is 0 Å². The van der Waals surface area contributed by atoms with E-state index in [0.717, 1.165) is 0 Å². The van der Waals surface area contributed by atoms with Crippen LogP contribution in [0.15, 0.2) is 84.0 Å². The number of ketones is 1. The fraction of sp³-hybridized carbons (Fsp3) is 0.179. The van der Waals surface area contributed by atoms with Crippen LogP contribution in [0.1, 0.15) is 47.0 Å². The van der Waals surface area contributed by atoms with Gasteiger partial charge < -0.3 is 5.11 Å². The lowest BCUT2D eigenvalue weighted by Gasteiger charge is -2.29. The van der Waals surface area contributed by atoms with Crippen LogP contribution >= 0.6 is 0 Å². The van der Waals surface area contributed by atoms with E-state index in [1.807, 2.05) is 0 Å². The number of aliphatic hydroxyl groups is 1. The minimum atomic E-state index is -4.51. The summed E-state index contributed by atoms with van der Waals surface area (Å²) in [5.41, 5.74) is 4.01. The van der Waals surface area contributed by atoms with E-state index in [9.17, 15) is 35.8 Å². The minimum Gasteiger partial charge on any atom is -0.384 e. The molecule has 0 bridgehead atoms. The third-order valence-corrected chi connectivity index (χ3v) is 10.7. The molecule has 194 valence electrons. The van der Waals surface area contributed by atoms with Crippen molar-refractivity contribution >= 4 is 47.9 Å². The SMILES string of the molecule is CC1(S(=O)(=O)O)C=CC2=C(C=C1)c1ccc3c4c(ccc(c14)C2=O)C1=C(C=CC(C)(S(=O)(=O)O)C=C1)C3O. The number of benzene rings is 2. The first-order valence-corrected chi connectivity index (χ1v) is 14.6. The van der Waals surface area contributed by atoms with Gasteiger partial charge in [0, 0.05) is 16.5 Å². The van der Waals surface area contributed by atoms with Gasteiger partial charge in [-0.1, -0.05) is 66.8 Å². The highest BCUT2D eigenvalue weighted by atomic mass is 32.2. The summed E-state index contributed by atoms with van der Waals surface area (Å²) in [6.07, 6.45) is 10.1. The Labute approximate surface area is 219 Å². The number of carbonyl (C=O) groups is 1. The number of aliphatic hydroxyl groups excluding tert-OH is 1. The van der Waals surface area contributed by atoms with Crippen LogP contribution in [0.2, 0.25) is 0 Å². The second kappa shape index (κ2) is 7.58. The van der Waals surface area contributed by atoms with Crippen molar-refractivity contribution in [3.05, 3.63) is 106 Å². The molecule has 3 N–H and O–H groups in total. The highest BCUT2D eigenvalue weighted by molar-refractivity contribution is 7.87. The molecule has 0 aromatic heterocycles. The predicted molar refractivity (Wildman–Crippen MR) is 144 cm³/mol. The van der Waals surface area contributed by atoms with Gasteiger partial charge in [0.25, 0.3) is 20.2 Å². The summed E-state index contributed by atoms with van der Waals surface area (Å²) in [4.78, 5) is 13.6. The lowest BCUT2D eigenvalue weighted by Crippen LogP contribution is -2.30. The van der Waals surface area contributed by atoms with Crippen LogP contribution in [0.4, 0.5) is 0 Å². The summed E-state index contributed by atoms with van der Waals surface area (Å²) in [6.45, 7) is 2.68. The summed E-state index contributed by atoms with van der Waals surface area (Å²) in [7, 11) is -8.99. The fourth-order valence-electron chi connectivity index (χ4n) is 5.44. The average molecular weight is 551 g/mol. The van der Waals surface area contributed by atoms with E-state index in [-0.39, 0.29) is 11.4 Å². The summed E-state index contributed by atoms with van der Waals surface area (Å²) in [5, 5.41) is 12.6. The number of Topliss-reactive ketones (excluding diaryl/α,β-unsaturated/α-hetero) is 1. The molecule has 0 aliphatic heterocycles. The number of hydrogen-bond donors (Lipinski definition) is 3. The Bertz CT molecular complexity index is 1920.